The van der Waals surface area contributed by atoms with Crippen LogP contribution in [0.2, 0.25) is 0 Å². The molecule has 0 fully saturated rings. The molecule has 0 saturated heterocycles. The molecule has 0 unspecified atom stereocenters. The smallest absolute Gasteiger partial charge is 0.387 e. The van der Waals surface area contributed by atoms with Gasteiger partial charge in [-0.2, -0.15) is 8.78 Å². The summed E-state index contributed by atoms with van der Waals surface area (Å²) in [6.45, 7) is -0.835. The van der Waals surface area contributed by atoms with Crippen LogP contribution in [0.1, 0.15) is 11.1 Å². The highest BCUT2D eigenvalue weighted by atomic mass is 32.2. The summed E-state index contributed by atoms with van der Waals surface area (Å²) >= 11 is 1.39. The molecule has 0 spiro atoms. The van der Waals surface area contributed by atoms with Gasteiger partial charge >= 0.3 is 6.61 Å². The Balaban J connectivity index is 1.62. The fraction of sp³-hybridized carbons (Fsp3) is 0.176. The number of hydrogen-bond acceptors (Lipinski definition) is 5. The second-order valence-electron chi connectivity index (χ2n) is 5.00. The Morgan fingerprint density at radius 1 is 1.08 bits per heavy atom. The molecule has 124 valence electrons. The van der Waals surface area contributed by atoms with Crippen molar-refractivity contribution in [2.24, 2.45) is 0 Å². The van der Waals surface area contributed by atoms with Gasteiger partial charge < -0.3 is 9.15 Å². The molecule has 4 nitrogen and oxygen atoms in total. The van der Waals surface area contributed by atoms with Gasteiger partial charge in [-0.15, -0.1) is 10.2 Å². The highest BCUT2D eigenvalue weighted by molar-refractivity contribution is 7.98. The highest BCUT2D eigenvalue weighted by Gasteiger charge is 2.11. The topological polar surface area (TPSA) is 48.2 Å². The Bertz CT molecular complexity index is 806. The van der Waals surface area contributed by atoms with Gasteiger partial charge in [-0.25, -0.2) is 0 Å². The molecule has 0 amide bonds. The number of ether oxygens (including phenoxy) is 1. The van der Waals surface area contributed by atoms with E-state index in [9.17, 15) is 8.78 Å². The molecule has 0 saturated carbocycles. The van der Waals surface area contributed by atoms with Crippen LogP contribution in [0.25, 0.3) is 11.5 Å². The highest BCUT2D eigenvalue weighted by Crippen LogP contribution is 2.27. The molecule has 1 aromatic heterocycles. The number of halogens is 2. The van der Waals surface area contributed by atoms with E-state index in [1.54, 1.807) is 12.1 Å². The van der Waals surface area contributed by atoms with Crippen LogP contribution >= 0.6 is 11.8 Å². The van der Waals surface area contributed by atoms with Crippen LogP contribution in [0.3, 0.4) is 0 Å². The average Bonchev–Trinajstić information content (AvgIpc) is 3.03. The van der Waals surface area contributed by atoms with Crippen LogP contribution in [0.15, 0.2) is 58.2 Å². The van der Waals surface area contributed by atoms with E-state index >= 15 is 0 Å². The Kier molecular flexibility index (Phi) is 5.10. The van der Waals surface area contributed by atoms with Crippen LogP contribution in [0.5, 0.6) is 5.75 Å². The molecule has 0 bridgehead atoms. The Labute approximate surface area is 141 Å². The van der Waals surface area contributed by atoms with Crippen molar-refractivity contribution < 1.29 is 17.9 Å². The van der Waals surface area contributed by atoms with Gasteiger partial charge in [0.25, 0.3) is 5.22 Å². The molecule has 1 heterocycles. The fourth-order valence-corrected chi connectivity index (χ4v) is 2.82. The first-order valence-electron chi connectivity index (χ1n) is 7.18. The molecule has 3 aromatic rings. The summed E-state index contributed by atoms with van der Waals surface area (Å²) in [7, 11) is 0. The van der Waals surface area contributed by atoms with Crippen molar-refractivity contribution in [3.8, 4) is 17.2 Å². The minimum atomic E-state index is -2.82. The normalized spacial score (nSPS) is 11.0. The lowest BCUT2D eigenvalue weighted by atomic mass is 10.1. The molecule has 24 heavy (non-hydrogen) atoms. The zero-order valence-corrected chi connectivity index (χ0v) is 13.6. The SMILES string of the molecule is Cc1ccccc1-c1nnc(SCc2ccc(OC(F)F)cc2)o1. The van der Waals surface area contributed by atoms with Crippen LogP contribution in [-0.2, 0) is 5.75 Å². The number of hydrogen-bond donors (Lipinski definition) is 0. The molecule has 0 atom stereocenters. The Morgan fingerprint density at radius 2 is 1.83 bits per heavy atom. The van der Waals surface area contributed by atoms with Crippen molar-refractivity contribution in [1.82, 2.24) is 10.2 Å². The monoisotopic (exact) mass is 348 g/mol. The first kappa shape index (κ1) is 16.4. The summed E-state index contributed by atoms with van der Waals surface area (Å²) < 4.78 is 34.2. The second-order valence-corrected chi connectivity index (χ2v) is 5.93. The summed E-state index contributed by atoms with van der Waals surface area (Å²) in [5, 5.41) is 8.55. The van der Waals surface area contributed by atoms with Crippen molar-refractivity contribution in [2.45, 2.75) is 24.5 Å². The summed E-state index contributed by atoms with van der Waals surface area (Å²) in [4.78, 5) is 0. The lowest BCUT2D eigenvalue weighted by molar-refractivity contribution is -0.0498. The summed E-state index contributed by atoms with van der Waals surface area (Å²) in [6.07, 6.45) is 0. The van der Waals surface area contributed by atoms with E-state index in [4.69, 9.17) is 4.42 Å². The molecule has 0 aliphatic rings. The van der Waals surface area contributed by atoms with E-state index in [1.165, 1.54) is 23.9 Å². The fourth-order valence-electron chi connectivity index (χ4n) is 2.10. The molecule has 0 aliphatic heterocycles. The van der Waals surface area contributed by atoms with Crippen LogP contribution < -0.4 is 4.74 Å². The first-order valence-corrected chi connectivity index (χ1v) is 8.16. The van der Waals surface area contributed by atoms with Gasteiger partial charge in [-0.05, 0) is 36.2 Å². The summed E-state index contributed by atoms with van der Waals surface area (Å²) in [5.41, 5.74) is 2.91. The Hall–Kier alpha value is -2.41. The number of thioether (sulfide) groups is 1. The minimum Gasteiger partial charge on any atom is -0.435 e. The van der Waals surface area contributed by atoms with Crippen LogP contribution in [-0.4, -0.2) is 16.8 Å². The van der Waals surface area contributed by atoms with Crippen molar-refractivity contribution in [3.63, 3.8) is 0 Å². The quantitative estimate of drug-likeness (QED) is 0.591. The zero-order chi connectivity index (χ0) is 16.9. The van der Waals surface area contributed by atoms with E-state index < -0.39 is 6.61 Å². The van der Waals surface area contributed by atoms with Crippen molar-refractivity contribution in [1.29, 1.82) is 0 Å². The van der Waals surface area contributed by atoms with Gasteiger partial charge in [0.1, 0.15) is 5.75 Å². The maximum atomic E-state index is 12.1. The molecule has 0 aliphatic carbocycles. The van der Waals surface area contributed by atoms with Gasteiger partial charge in [0, 0.05) is 11.3 Å². The number of aryl methyl sites for hydroxylation is 1. The molecule has 0 N–H and O–H groups in total. The largest absolute Gasteiger partial charge is 0.435 e. The lowest BCUT2D eigenvalue weighted by Gasteiger charge is -2.04. The first-order chi connectivity index (χ1) is 11.6. The predicted molar refractivity (Wildman–Crippen MR) is 87.1 cm³/mol. The van der Waals surface area contributed by atoms with Crippen molar-refractivity contribution in [3.05, 3.63) is 59.7 Å². The zero-order valence-electron chi connectivity index (χ0n) is 12.8. The number of benzene rings is 2. The van der Waals surface area contributed by atoms with E-state index in [0.29, 0.717) is 16.9 Å². The maximum Gasteiger partial charge on any atom is 0.387 e. The second kappa shape index (κ2) is 7.44. The third-order valence-corrected chi connectivity index (χ3v) is 4.18. The van der Waals surface area contributed by atoms with Gasteiger partial charge in [0.15, 0.2) is 0 Å². The summed E-state index contributed by atoms with van der Waals surface area (Å²) in [6, 6.07) is 14.2. The lowest BCUT2D eigenvalue weighted by Crippen LogP contribution is -2.01. The molecular formula is C17H14F2N2O2S. The molecular weight excluding hydrogens is 334 g/mol. The van der Waals surface area contributed by atoms with Gasteiger partial charge in [0.05, 0.1) is 0 Å². The molecule has 3 rings (SSSR count). The van der Waals surface area contributed by atoms with Crippen molar-refractivity contribution in [2.75, 3.05) is 0 Å². The predicted octanol–water partition coefficient (Wildman–Crippen LogP) is 4.94. The molecule has 2 aromatic carbocycles. The van der Waals surface area contributed by atoms with E-state index in [0.717, 1.165) is 16.7 Å². The van der Waals surface area contributed by atoms with E-state index in [2.05, 4.69) is 14.9 Å². The third-order valence-electron chi connectivity index (χ3n) is 3.29. The summed E-state index contributed by atoms with van der Waals surface area (Å²) in [5.74, 6) is 1.21. The van der Waals surface area contributed by atoms with Crippen LogP contribution in [0.4, 0.5) is 8.78 Å². The van der Waals surface area contributed by atoms with E-state index in [-0.39, 0.29) is 5.75 Å². The van der Waals surface area contributed by atoms with Gasteiger partial charge in [0.2, 0.25) is 5.89 Å². The molecule has 0 radical (unpaired) electrons. The van der Waals surface area contributed by atoms with Crippen LogP contribution in [0, 0.1) is 6.92 Å². The molecule has 7 heteroatoms. The number of aromatic nitrogens is 2. The standard InChI is InChI=1S/C17H14F2N2O2S/c1-11-4-2-3-5-14(11)15-20-21-17(23-15)24-10-12-6-8-13(9-7-12)22-16(18)19/h2-9,16H,10H2,1H3. The van der Waals surface area contributed by atoms with Crippen molar-refractivity contribution >= 4 is 11.8 Å². The number of nitrogens with zero attached hydrogens (tertiary/aromatic N) is 2. The van der Waals surface area contributed by atoms with Gasteiger partial charge in [-0.3, -0.25) is 0 Å². The Morgan fingerprint density at radius 3 is 2.54 bits per heavy atom. The minimum absolute atomic E-state index is 0.137. The average molecular weight is 348 g/mol. The maximum absolute atomic E-state index is 12.1. The third kappa shape index (κ3) is 4.11. The van der Waals surface area contributed by atoms with E-state index in [1.807, 2.05) is 31.2 Å². The number of rotatable bonds is 6. The van der Waals surface area contributed by atoms with Gasteiger partial charge in [-0.1, -0.05) is 42.1 Å². The number of alkyl halides is 2.